The van der Waals surface area contributed by atoms with Crippen molar-refractivity contribution in [2.45, 2.75) is 27.2 Å². The molecule has 8 heteroatoms. The van der Waals surface area contributed by atoms with Crippen LogP contribution in [0.2, 0.25) is 0 Å². The van der Waals surface area contributed by atoms with E-state index >= 15 is 0 Å². The Kier molecular flexibility index (Phi) is 6.32. The summed E-state index contributed by atoms with van der Waals surface area (Å²) in [5.74, 6) is -2.26. The normalized spacial score (nSPS) is 16.3. The smallest absolute Gasteiger partial charge is 0.413 e. The molecular weight excluding hydrogens is 340 g/mol. The van der Waals surface area contributed by atoms with Crippen LogP contribution in [0.5, 0.6) is 0 Å². The summed E-state index contributed by atoms with van der Waals surface area (Å²) < 4.78 is 9.47. The lowest BCUT2D eigenvalue weighted by atomic mass is 10.1. The second kappa shape index (κ2) is 8.46. The summed E-state index contributed by atoms with van der Waals surface area (Å²) >= 11 is 0. The molecule has 1 aromatic carbocycles. The van der Waals surface area contributed by atoms with Gasteiger partial charge in [-0.15, -0.1) is 0 Å². The van der Waals surface area contributed by atoms with Crippen molar-refractivity contribution in [2.75, 3.05) is 24.7 Å². The van der Waals surface area contributed by atoms with E-state index in [0.29, 0.717) is 0 Å². The van der Waals surface area contributed by atoms with Gasteiger partial charge in [0, 0.05) is 18.7 Å². The maximum Gasteiger partial charge on any atom is 0.413 e. The van der Waals surface area contributed by atoms with E-state index in [0.717, 1.165) is 16.8 Å². The van der Waals surface area contributed by atoms with Crippen molar-refractivity contribution in [1.29, 1.82) is 0 Å². The molecule has 1 atom stereocenters. The molecule has 1 fully saturated rings. The van der Waals surface area contributed by atoms with Gasteiger partial charge in [-0.1, -0.05) is 12.1 Å². The number of hydrogen-bond acceptors (Lipinski definition) is 6. The second-order valence-electron chi connectivity index (χ2n) is 6.00. The Labute approximate surface area is 151 Å². The second-order valence-corrected chi connectivity index (χ2v) is 6.00. The largest absolute Gasteiger partial charge is 0.455 e. The molecule has 0 aromatic heterocycles. The molecule has 1 aliphatic heterocycles. The van der Waals surface area contributed by atoms with Crippen LogP contribution in [0.3, 0.4) is 0 Å². The van der Waals surface area contributed by atoms with Crippen molar-refractivity contribution in [3.8, 4) is 0 Å². The molecule has 0 spiro atoms. The van der Waals surface area contributed by atoms with Crippen LogP contribution >= 0.6 is 0 Å². The summed E-state index contributed by atoms with van der Waals surface area (Å²) in [5, 5.41) is 1.93. The summed E-state index contributed by atoms with van der Waals surface area (Å²) in [7, 11) is 0. The Morgan fingerprint density at radius 2 is 1.96 bits per heavy atom. The quantitative estimate of drug-likeness (QED) is 0.796. The van der Waals surface area contributed by atoms with Gasteiger partial charge < -0.3 is 14.4 Å². The summed E-state index contributed by atoms with van der Waals surface area (Å²) in [6.45, 7) is 5.18. The highest BCUT2D eigenvalue weighted by molar-refractivity contribution is 6.00. The number of hydrogen-bond donors (Lipinski definition) is 1. The van der Waals surface area contributed by atoms with E-state index in [2.05, 4.69) is 4.74 Å². The van der Waals surface area contributed by atoms with Gasteiger partial charge in [-0.3, -0.25) is 19.7 Å². The Morgan fingerprint density at radius 1 is 1.23 bits per heavy atom. The minimum Gasteiger partial charge on any atom is -0.455 e. The molecule has 8 nitrogen and oxygen atoms in total. The molecule has 0 saturated carbocycles. The van der Waals surface area contributed by atoms with Crippen LogP contribution in [0, 0.1) is 19.8 Å². The number of nitrogens with one attached hydrogen (secondary N) is 1. The first kappa shape index (κ1) is 19.4. The van der Waals surface area contributed by atoms with Gasteiger partial charge in [-0.2, -0.15) is 0 Å². The lowest BCUT2D eigenvalue weighted by molar-refractivity contribution is -0.152. The summed E-state index contributed by atoms with van der Waals surface area (Å²) in [4.78, 5) is 48.6. The number of rotatable bonds is 5. The van der Waals surface area contributed by atoms with Gasteiger partial charge in [0.05, 0.1) is 12.5 Å². The Hall–Kier alpha value is -2.90. The number of carbonyl (C=O) groups excluding carboxylic acids is 4. The first-order valence-electron chi connectivity index (χ1n) is 8.33. The number of ether oxygens (including phenoxy) is 2. The molecule has 140 valence electrons. The molecule has 1 heterocycles. The maximum absolute atomic E-state index is 12.3. The highest BCUT2D eigenvalue weighted by Gasteiger charge is 2.37. The first-order chi connectivity index (χ1) is 12.3. The van der Waals surface area contributed by atoms with Crippen LogP contribution in [-0.2, 0) is 23.9 Å². The van der Waals surface area contributed by atoms with Crippen molar-refractivity contribution in [2.24, 2.45) is 5.92 Å². The first-order valence-corrected chi connectivity index (χ1v) is 8.33. The Morgan fingerprint density at radius 3 is 2.65 bits per heavy atom. The third-order valence-corrected chi connectivity index (χ3v) is 4.19. The summed E-state index contributed by atoms with van der Waals surface area (Å²) in [6.07, 6.45) is -0.878. The van der Waals surface area contributed by atoms with Crippen molar-refractivity contribution < 1.29 is 28.7 Å². The molecule has 1 saturated heterocycles. The number of carbonyl (C=O) groups is 4. The predicted octanol–water partition coefficient (Wildman–Crippen LogP) is 1.47. The zero-order chi connectivity index (χ0) is 19.3. The fourth-order valence-electron chi connectivity index (χ4n) is 2.70. The SMILES string of the molecule is CCOC(=O)NC(=O)COC(=O)[C@H]1CC(=O)N(c2cccc(C)c2C)C1. The van der Waals surface area contributed by atoms with E-state index in [1.54, 1.807) is 11.8 Å². The molecule has 26 heavy (non-hydrogen) atoms. The van der Waals surface area contributed by atoms with Gasteiger partial charge in [0.1, 0.15) is 0 Å². The van der Waals surface area contributed by atoms with Crippen molar-refractivity contribution in [3.05, 3.63) is 29.3 Å². The summed E-state index contributed by atoms with van der Waals surface area (Å²) in [5.41, 5.74) is 2.80. The number of aryl methyl sites for hydroxylation is 1. The van der Waals surface area contributed by atoms with Gasteiger partial charge in [-0.05, 0) is 38.0 Å². The van der Waals surface area contributed by atoms with E-state index < -0.39 is 30.5 Å². The third kappa shape index (κ3) is 4.59. The molecule has 1 aromatic rings. The number of amides is 3. The predicted molar refractivity (Wildman–Crippen MR) is 92.5 cm³/mol. The minimum atomic E-state index is -0.898. The van der Waals surface area contributed by atoms with Crippen LogP contribution in [0.15, 0.2) is 18.2 Å². The molecule has 1 aliphatic rings. The van der Waals surface area contributed by atoms with E-state index in [-0.39, 0.29) is 25.5 Å². The minimum absolute atomic E-state index is 0.0196. The average Bonchev–Trinajstić information content (AvgIpc) is 2.97. The molecule has 1 N–H and O–H groups in total. The molecule has 0 unspecified atom stereocenters. The molecule has 0 aliphatic carbocycles. The van der Waals surface area contributed by atoms with Crippen LogP contribution in [0.25, 0.3) is 0 Å². The van der Waals surface area contributed by atoms with E-state index in [1.165, 1.54) is 0 Å². The molecule has 0 bridgehead atoms. The van der Waals surface area contributed by atoms with E-state index in [4.69, 9.17) is 4.74 Å². The van der Waals surface area contributed by atoms with E-state index in [1.807, 2.05) is 37.4 Å². The highest BCUT2D eigenvalue weighted by Crippen LogP contribution is 2.29. The molecule has 0 radical (unpaired) electrons. The monoisotopic (exact) mass is 362 g/mol. The highest BCUT2D eigenvalue weighted by atomic mass is 16.6. The topological polar surface area (TPSA) is 102 Å². The molecule has 2 rings (SSSR count). The number of benzene rings is 1. The van der Waals surface area contributed by atoms with E-state index in [9.17, 15) is 19.2 Å². The van der Waals surface area contributed by atoms with Crippen molar-refractivity contribution in [3.63, 3.8) is 0 Å². The lowest BCUT2D eigenvalue weighted by Gasteiger charge is -2.20. The lowest BCUT2D eigenvalue weighted by Crippen LogP contribution is -2.35. The number of imide groups is 1. The van der Waals surface area contributed by atoms with Crippen LogP contribution < -0.4 is 10.2 Å². The van der Waals surface area contributed by atoms with Crippen LogP contribution in [0.4, 0.5) is 10.5 Å². The maximum atomic E-state index is 12.3. The fraction of sp³-hybridized carbons (Fsp3) is 0.444. The number of anilines is 1. The standard InChI is InChI=1S/C18H22N2O6/c1-4-25-18(24)19-15(21)10-26-17(23)13-8-16(22)20(9-13)14-7-5-6-11(2)12(14)3/h5-7,13H,4,8-10H2,1-3H3,(H,19,21,24)/t13-/m0/s1. The molecular formula is C18H22N2O6. The van der Waals surface area contributed by atoms with Crippen molar-refractivity contribution in [1.82, 2.24) is 5.32 Å². The number of esters is 1. The number of alkyl carbamates (subject to hydrolysis) is 1. The fourth-order valence-corrected chi connectivity index (χ4v) is 2.70. The van der Waals surface area contributed by atoms with Gasteiger partial charge in [-0.25, -0.2) is 4.79 Å². The third-order valence-electron chi connectivity index (χ3n) is 4.19. The van der Waals surface area contributed by atoms with Gasteiger partial charge >= 0.3 is 12.1 Å². The number of nitrogens with zero attached hydrogens (tertiary/aromatic N) is 1. The van der Waals surface area contributed by atoms with Crippen LogP contribution in [0.1, 0.15) is 24.5 Å². The summed E-state index contributed by atoms with van der Waals surface area (Å²) in [6, 6.07) is 5.64. The Bertz CT molecular complexity index is 730. The van der Waals surface area contributed by atoms with Crippen molar-refractivity contribution >= 4 is 29.6 Å². The zero-order valence-corrected chi connectivity index (χ0v) is 15.0. The zero-order valence-electron chi connectivity index (χ0n) is 15.0. The Balaban J connectivity index is 1.91. The average molecular weight is 362 g/mol. The van der Waals surface area contributed by atoms with Gasteiger partial charge in [0.25, 0.3) is 5.91 Å². The van der Waals surface area contributed by atoms with Gasteiger partial charge in [0.15, 0.2) is 6.61 Å². The van der Waals surface area contributed by atoms with Gasteiger partial charge in [0.2, 0.25) is 5.91 Å². The van der Waals surface area contributed by atoms with Crippen LogP contribution in [-0.4, -0.2) is 43.6 Å². The molecule has 3 amide bonds.